The van der Waals surface area contributed by atoms with Crippen molar-refractivity contribution in [1.82, 2.24) is 15.0 Å². The molecule has 0 radical (unpaired) electrons. The number of anilines is 1. The summed E-state index contributed by atoms with van der Waals surface area (Å²) in [4.78, 5) is 26.4. The highest BCUT2D eigenvalue weighted by molar-refractivity contribution is 7.18. The molecule has 0 atom stereocenters. The Balaban J connectivity index is 1.45. The van der Waals surface area contributed by atoms with Gasteiger partial charge in [-0.15, -0.1) is 11.3 Å². The Morgan fingerprint density at radius 2 is 1.71 bits per heavy atom. The lowest BCUT2D eigenvalue weighted by Gasteiger charge is -2.36. The topological polar surface area (TPSA) is 91.0 Å². The van der Waals surface area contributed by atoms with Crippen LogP contribution in [0.2, 0.25) is 0 Å². The lowest BCUT2D eigenvalue weighted by atomic mass is 9.70. The minimum Gasteiger partial charge on any atom is -0.381 e. The molecule has 2 aromatic heterocycles. The molecule has 0 spiro atoms. The first-order valence-corrected chi connectivity index (χ1v) is 11.1. The van der Waals surface area contributed by atoms with Crippen LogP contribution >= 0.6 is 11.3 Å². The third kappa shape index (κ3) is 3.82. The van der Waals surface area contributed by atoms with Crippen LogP contribution in [-0.2, 0) is 21.4 Å². The molecular weight excluding hydrogens is 408 g/mol. The maximum atomic E-state index is 13.6. The maximum absolute atomic E-state index is 13.6. The number of benzene rings is 2. The van der Waals surface area contributed by atoms with E-state index in [0.717, 1.165) is 31.9 Å². The van der Waals surface area contributed by atoms with E-state index in [4.69, 9.17) is 10.5 Å². The number of para-hydroxylation sites is 1. The Morgan fingerprint density at radius 1 is 1.00 bits per heavy atom. The summed E-state index contributed by atoms with van der Waals surface area (Å²) < 4.78 is 6.72. The van der Waals surface area contributed by atoms with Crippen molar-refractivity contribution in [3.05, 3.63) is 71.5 Å². The van der Waals surface area contributed by atoms with Crippen LogP contribution in [0.3, 0.4) is 0 Å². The van der Waals surface area contributed by atoms with Gasteiger partial charge in [0.1, 0.15) is 10.8 Å². The maximum Gasteiger partial charge on any atom is 0.219 e. The largest absolute Gasteiger partial charge is 0.381 e. The van der Waals surface area contributed by atoms with E-state index in [0.29, 0.717) is 32.5 Å². The third-order valence-corrected chi connectivity index (χ3v) is 7.01. The Hall–Kier alpha value is -3.16. The summed E-state index contributed by atoms with van der Waals surface area (Å²) in [5.74, 6) is 0.459. The van der Waals surface area contributed by atoms with Crippen molar-refractivity contribution in [1.29, 1.82) is 0 Å². The highest BCUT2D eigenvalue weighted by atomic mass is 32.1. The van der Waals surface area contributed by atoms with Gasteiger partial charge in [-0.3, -0.25) is 4.79 Å². The Bertz CT molecular complexity index is 1180. The van der Waals surface area contributed by atoms with Gasteiger partial charge >= 0.3 is 0 Å². The zero-order valence-corrected chi connectivity index (χ0v) is 17.8. The first-order valence-electron chi connectivity index (χ1n) is 10.3. The number of hydrogen-bond acceptors (Lipinski definition) is 7. The van der Waals surface area contributed by atoms with Crippen LogP contribution in [-0.4, -0.2) is 33.9 Å². The minimum absolute atomic E-state index is 0.207. The SMILES string of the molecule is Nc1ncc(-c2ccc(C3(C(=O)Cc4nc5ccccc5s4)CCOCC3)cc2)cn1. The normalized spacial score (nSPS) is 15.7. The van der Waals surface area contributed by atoms with Crippen molar-refractivity contribution in [2.75, 3.05) is 18.9 Å². The summed E-state index contributed by atoms with van der Waals surface area (Å²) in [6, 6.07) is 16.1. The number of nitrogens with zero attached hydrogens (tertiary/aromatic N) is 3. The van der Waals surface area contributed by atoms with Crippen molar-refractivity contribution < 1.29 is 9.53 Å². The Morgan fingerprint density at radius 3 is 2.42 bits per heavy atom. The first-order chi connectivity index (χ1) is 15.1. The Kier molecular flexibility index (Phi) is 5.21. The molecule has 0 amide bonds. The second-order valence-electron chi connectivity index (χ2n) is 7.78. The Labute approximate surface area is 184 Å². The monoisotopic (exact) mass is 430 g/mol. The van der Waals surface area contributed by atoms with E-state index in [1.165, 1.54) is 0 Å². The van der Waals surface area contributed by atoms with E-state index in [1.807, 2.05) is 48.5 Å². The van der Waals surface area contributed by atoms with Gasteiger partial charge in [0.05, 0.1) is 22.1 Å². The number of Topliss-reactive ketones (excluding diaryl/α,β-unsaturated/α-hetero) is 1. The highest BCUT2D eigenvalue weighted by Crippen LogP contribution is 2.38. The molecule has 0 unspecified atom stereocenters. The molecule has 156 valence electrons. The lowest BCUT2D eigenvalue weighted by Crippen LogP contribution is -2.42. The number of nitrogen functional groups attached to an aromatic ring is 1. The summed E-state index contributed by atoms with van der Waals surface area (Å²) in [5, 5.41) is 0.868. The van der Waals surface area contributed by atoms with Crippen LogP contribution in [0.1, 0.15) is 23.4 Å². The van der Waals surface area contributed by atoms with Crippen molar-refractivity contribution in [2.24, 2.45) is 0 Å². The van der Waals surface area contributed by atoms with Gasteiger partial charge in [0.15, 0.2) is 0 Å². The molecule has 0 aliphatic carbocycles. The quantitative estimate of drug-likeness (QED) is 0.510. The minimum atomic E-state index is -0.549. The molecule has 1 saturated heterocycles. The number of thiazole rings is 1. The summed E-state index contributed by atoms with van der Waals surface area (Å²) in [7, 11) is 0. The van der Waals surface area contributed by atoms with Crippen LogP contribution in [0.15, 0.2) is 60.9 Å². The van der Waals surface area contributed by atoms with Gasteiger partial charge in [-0.05, 0) is 36.1 Å². The molecule has 1 aliphatic rings. The van der Waals surface area contributed by atoms with Crippen LogP contribution in [0.5, 0.6) is 0 Å². The van der Waals surface area contributed by atoms with Crippen molar-refractivity contribution in [3.63, 3.8) is 0 Å². The van der Waals surface area contributed by atoms with Gasteiger partial charge in [-0.1, -0.05) is 36.4 Å². The van der Waals surface area contributed by atoms with Gasteiger partial charge in [0.2, 0.25) is 5.95 Å². The van der Waals surface area contributed by atoms with Crippen molar-refractivity contribution in [2.45, 2.75) is 24.7 Å². The summed E-state index contributed by atoms with van der Waals surface area (Å²) >= 11 is 1.60. The molecule has 0 bridgehead atoms. The summed E-state index contributed by atoms with van der Waals surface area (Å²) in [5.41, 5.74) is 8.90. The van der Waals surface area contributed by atoms with E-state index < -0.39 is 5.41 Å². The number of nitrogens with two attached hydrogens (primary N) is 1. The predicted octanol–water partition coefficient (Wildman–Crippen LogP) is 4.20. The molecule has 3 heterocycles. The lowest BCUT2D eigenvalue weighted by molar-refractivity contribution is -0.127. The molecule has 2 N–H and O–H groups in total. The second kappa shape index (κ2) is 8.17. The number of fused-ring (bicyclic) bond motifs is 1. The predicted molar refractivity (Wildman–Crippen MR) is 122 cm³/mol. The highest BCUT2D eigenvalue weighted by Gasteiger charge is 2.41. The summed E-state index contributed by atoms with van der Waals surface area (Å²) in [6.07, 6.45) is 5.12. The molecule has 31 heavy (non-hydrogen) atoms. The number of rotatable bonds is 5. The van der Waals surface area contributed by atoms with E-state index in [-0.39, 0.29) is 11.7 Å². The van der Waals surface area contributed by atoms with E-state index in [2.05, 4.69) is 15.0 Å². The molecule has 1 aliphatic heterocycles. The standard InChI is InChI=1S/C24H22N4O2S/c25-23-26-14-17(15-27-23)16-5-7-18(8-6-16)24(9-11-30-12-10-24)21(29)13-22-28-19-3-1-2-4-20(19)31-22/h1-8,14-15H,9-13H2,(H2,25,26,27). The van der Waals surface area contributed by atoms with E-state index in [9.17, 15) is 4.79 Å². The number of ether oxygens (including phenoxy) is 1. The molecule has 6 nitrogen and oxygen atoms in total. The van der Waals surface area contributed by atoms with Gasteiger partial charge in [0.25, 0.3) is 0 Å². The van der Waals surface area contributed by atoms with Crippen LogP contribution in [0.4, 0.5) is 5.95 Å². The molecule has 5 rings (SSSR count). The number of carbonyl (C=O) groups is 1. The number of carbonyl (C=O) groups excluding carboxylic acids is 1. The number of aromatic nitrogens is 3. The smallest absolute Gasteiger partial charge is 0.219 e. The zero-order valence-electron chi connectivity index (χ0n) is 17.0. The number of ketones is 1. The second-order valence-corrected chi connectivity index (χ2v) is 8.89. The van der Waals surface area contributed by atoms with Crippen molar-refractivity contribution in [3.8, 4) is 11.1 Å². The van der Waals surface area contributed by atoms with E-state index in [1.54, 1.807) is 23.7 Å². The molecule has 1 fully saturated rings. The molecular formula is C24H22N4O2S. The molecule has 2 aromatic carbocycles. The average molecular weight is 431 g/mol. The van der Waals surface area contributed by atoms with Crippen LogP contribution in [0.25, 0.3) is 21.3 Å². The van der Waals surface area contributed by atoms with Gasteiger partial charge < -0.3 is 10.5 Å². The summed E-state index contributed by atoms with van der Waals surface area (Å²) in [6.45, 7) is 1.16. The third-order valence-electron chi connectivity index (χ3n) is 5.97. The fourth-order valence-electron chi connectivity index (χ4n) is 4.22. The molecule has 4 aromatic rings. The number of hydrogen-bond donors (Lipinski definition) is 1. The molecule has 0 saturated carbocycles. The molecule has 7 heteroatoms. The van der Waals surface area contributed by atoms with Gasteiger partial charge in [-0.2, -0.15) is 0 Å². The van der Waals surface area contributed by atoms with Crippen molar-refractivity contribution >= 4 is 33.3 Å². The zero-order chi connectivity index (χ0) is 21.3. The van der Waals surface area contributed by atoms with E-state index >= 15 is 0 Å². The van der Waals surface area contributed by atoms with Crippen LogP contribution in [0, 0.1) is 0 Å². The average Bonchev–Trinajstić information content (AvgIpc) is 3.22. The fourth-order valence-corrected chi connectivity index (χ4v) is 5.19. The van der Waals surface area contributed by atoms with Gasteiger partial charge in [0, 0.05) is 31.2 Å². The fraction of sp³-hybridized carbons (Fsp3) is 0.250. The van der Waals surface area contributed by atoms with Crippen LogP contribution < -0.4 is 5.73 Å². The first kappa shape index (κ1) is 19.8. The van der Waals surface area contributed by atoms with Gasteiger partial charge in [-0.25, -0.2) is 15.0 Å².